The van der Waals surface area contributed by atoms with Crippen LogP contribution in [0.15, 0.2) is 11.4 Å². The number of piperidine rings is 2. The number of hydrogen-bond donors (Lipinski definition) is 0. The monoisotopic (exact) mass is 390 g/mol. The second-order valence-electron chi connectivity index (χ2n) is 5.63. The maximum absolute atomic E-state index is 12.5. The molecule has 0 bridgehead atoms. The third-order valence-corrected chi connectivity index (χ3v) is 6.24. The highest BCUT2D eigenvalue weighted by Gasteiger charge is 2.35. The van der Waals surface area contributed by atoms with Crippen molar-refractivity contribution in [1.82, 2.24) is 9.80 Å². The number of likely N-dealkylation sites (tertiary alicyclic amines) is 2. The van der Waals surface area contributed by atoms with Gasteiger partial charge in [-0.3, -0.25) is 4.79 Å². The standard InChI is InChI=1S/C14H19IN2OS/c1-16-5-2-3-10-8-17(6-4-12(10)16)14(18)11-7-13(15)19-9-11/h7,9-10,12H,2-6,8H2,1H3. The number of fused-ring (bicyclic) bond motifs is 1. The van der Waals surface area contributed by atoms with Crippen molar-refractivity contribution in [3.63, 3.8) is 0 Å². The van der Waals surface area contributed by atoms with Crippen molar-refractivity contribution in [1.29, 1.82) is 0 Å². The van der Waals surface area contributed by atoms with Crippen molar-refractivity contribution in [3.8, 4) is 0 Å². The van der Waals surface area contributed by atoms with Gasteiger partial charge in [-0.1, -0.05) is 0 Å². The molecule has 1 amide bonds. The summed E-state index contributed by atoms with van der Waals surface area (Å²) in [6.45, 7) is 3.08. The van der Waals surface area contributed by atoms with E-state index >= 15 is 0 Å². The van der Waals surface area contributed by atoms with Crippen LogP contribution in [-0.2, 0) is 0 Å². The summed E-state index contributed by atoms with van der Waals surface area (Å²) in [6.07, 6.45) is 3.68. The molecule has 1 aromatic rings. The number of nitrogens with zero attached hydrogens (tertiary/aromatic N) is 2. The lowest BCUT2D eigenvalue weighted by molar-refractivity contribution is 0.0317. The summed E-state index contributed by atoms with van der Waals surface area (Å²) >= 11 is 3.93. The van der Waals surface area contributed by atoms with E-state index in [2.05, 4.69) is 39.4 Å². The molecule has 3 heterocycles. The maximum Gasteiger partial charge on any atom is 0.254 e. The smallest absolute Gasteiger partial charge is 0.254 e. The Morgan fingerprint density at radius 1 is 1.42 bits per heavy atom. The highest BCUT2D eigenvalue weighted by Crippen LogP contribution is 2.30. The Kier molecular flexibility index (Phi) is 4.14. The van der Waals surface area contributed by atoms with Gasteiger partial charge in [0, 0.05) is 24.5 Å². The van der Waals surface area contributed by atoms with Crippen LogP contribution in [0.3, 0.4) is 0 Å². The Labute approximate surface area is 132 Å². The van der Waals surface area contributed by atoms with E-state index in [0.717, 1.165) is 25.1 Å². The first-order chi connectivity index (χ1) is 9.15. The summed E-state index contributed by atoms with van der Waals surface area (Å²) in [5.41, 5.74) is 0.872. The van der Waals surface area contributed by atoms with Gasteiger partial charge in [-0.05, 0) is 67.4 Å². The lowest BCUT2D eigenvalue weighted by atomic mass is 9.84. The van der Waals surface area contributed by atoms with Gasteiger partial charge in [0.2, 0.25) is 0 Å². The van der Waals surface area contributed by atoms with E-state index in [1.165, 1.54) is 22.3 Å². The number of carbonyl (C=O) groups is 1. The largest absolute Gasteiger partial charge is 0.338 e. The maximum atomic E-state index is 12.5. The average molecular weight is 390 g/mol. The van der Waals surface area contributed by atoms with Crippen LogP contribution in [0.2, 0.25) is 0 Å². The number of carbonyl (C=O) groups excluding carboxylic acids is 1. The van der Waals surface area contributed by atoms with Crippen LogP contribution in [-0.4, -0.2) is 48.4 Å². The molecule has 104 valence electrons. The van der Waals surface area contributed by atoms with Crippen molar-refractivity contribution in [2.45, 2.75) is 25.3 Å². The number of rotatable bonds is 1. The second kappa shape index (κ2) is 5.69. The predicted octanol–water partition coefficient (Wildman–Crippen LogP) is 2.91. The molecule has 19 heavy (non-hydrogen) atoms. The van der Waals surface area contributed by atoms with Crippen LogP contribution < -0.4 is 0 Å². The third-order valence-electron chi connectivity index (χ3n) is 4.45. The van der Waals surface area contributed by atoms with E-state index < -0.39 is 0 Å². The Morgan fingerprint density at radius 3 is 3.00 bits per heavy atom. The quantitative estimate of drug-likeness (QED) is 0.689. The van der Waals surface area contributed by atoms with Crippen LogP contribution in [0.25, 0.3) is 0 Å². The molecule has 2 fully saturated rings. The normalized spacial score (nSPS) is 28.2. The molecular formula is C14H19IN2OS. The van der Waals surface area contributed by atoms with Gasteiger partial charge < -0.3 is 9.80 Å². The van der Waals surface area contributed by atoms with Crippen molar-refractivity contribution in [2.75, 3.05) is 26.7 Å². The zero-order chi connectivity index (χ0) is 13.4. The Hall–Kier alpha value is -0.140. The van der Waals surface area contributed by atoms with Crippen LogP contribution in [0.1, 0.15) is 29.6 Å². The number of hydrogen-bond acceptors (Lipinski definition) is 3. The Morgan fingerprint density at radius 2 is 2.26 bits per heavy atom. The molecule has 5 heteroatoms. The number of thiophene rings is 1. The Bertz CT molecular complexity index is 476. The van der Waals surface area contributed by atoms with E-state index in [0.29, 0.717) is 12.0 Å². The van der Waals surface area contributed by atoms with E-state index in [1.807, 2.05) is 11.4 Å². The van der Waals surface area contributed by atoms with Crippen molar-refractivity contribution < 1.29 is 4.79 Å². The highest BCUT2D eigenvalue weighted by molar-refractivity contribution is 14.1. The zero-order valence-corrected chi connectivity index (χ0v) is 14.1. The number of amides is 1. The molecule has 3 rings (SSSR count). The molecular weight excluding hydrogens is 371 g/mol. The molecule has 1 aromatic heterocycles. The van der Waals surface area contributed by atoms with Crippen LogP contribution >= 0.6 is 33.9 Å². The van der Waals surface area contributed by atoms with Gasteiger partial charge in [-0.2, -0.15) is 0 Å². The fourth-order valence-corrected chi connectivity index (χ4v) is 4.76. The molecule has 0 radical (unpaired) electrons. The van der Waals surface area contributed by atoms with Gasteiger partial charge in [0.15, 0.2) is 0 Å². The first-order valence-corrected chi connectivity index (χ1v) is 8.84. The molecule has 2 aliphatic rings. The van der Waals surface area contributed by atoms with Gasteiger partial charge >= 0.3 is 0 Å². The SMILES string of the molecule is CN1CCCC2CN(C(=O)c3csc(I)c3)CCC21. The van der Waals surface area contributed by atoms with Crippen LogP contribution in [0.4, 0.5) is 0 Å². The number of halogens is 1. The predicted molar refractivity (Wildman–Crippen MR) is 86.7 cm³/mol. The first kappa shape index (κ1) is 13.8. The second-order valence-corrected chi connectivity index (χ2v) is 8.44. The van der Waals surface area contributed by atoms with Gasteiger partial charge in [-0.25, -0.2) is 0 Å². The van der Waals surface area contributed by atoms with Crippen molar-refractivity contribution in [2.24, 2.45) is 5.92 Å². The van der Waals surface area contributed by atoms with E-state index in [1.54, 1.807) is 11.3 Å². The molecule has 2 saturated heterocycles. The van der Waals surface area contributed by atoms with Crippen LogP contribution in [0.5, 0.6) is 0 Å². The van der Waals surface area contributed by atoms with Crippen molar-refractivity contribution >= 4 is 39.8 Å². The highest BCUT2D eigenvalue weighted by atomic mass is 127. The molecule has 0 aliphatic carbocycles. The molecule has 2 atom stereocenters. The fourth-order valence-electron chi connectivity index (χ4n) is 3.44. The lowest BCUT2D eigenvalue weighted by Crippen LogP contribution is -2.53. The lowest BCUT2D eigenvalue weighted by Gasteiger charge is -2.45. The summed E-state index contributed by atoms with van der Waals surface area (Å²) in [5.74, 6) is 0.903. The molecule has 2 unspecified atom stereocenters. The molecule has 0 spiro atoms. The van der Waals surface area contributed by atoms with Crippen LogP contribution in [0, 0.1) is 8.80 Å². The minimum atomic E-state index is 0.228. The Balaban J connectivity index is 1.69. The summed E-state index contributed by atoms with van der Waals surface area (Å²) in [7, 11) is 2.23. The zero-order valence-electron chi connectivity index (χ0n) is 11.1. The van der Waals surface area contributed by atoms with Gasteiger partial charge in [0.05, 0.1) is 8.45 Å². The summed E-state index contributed by atoms with van der Waals surface area (Å²) < 4.78 is 1.19. The topological polar surface area (TPSA) is 23.6 Å². The summed E-state index contributed by atoms with van der Waals surface area (Å²) in [4.78, 5) is 17.0. The minimum absolute atomic E-state index is 0.228. The van der Waals surface area contributed by atoms with Gasteiger partial charge in [0.1, 0.15) is 0 Å². The van der Waals surface area contributed by atoms with Gasteiger partial charge in [-0.15, -0.1) is 11.3 Å². The minimum Gasteiger partial charge on any atom is -0.338 e. The molecule has 0 aromatic carbocycles. The van der Waals surface area contributed by atoms with Crippen molar-refractivity contribution in [3.05, 3.63) is 19.9 Å². The third kappa shape index (κ3) is 2.83. The summed E-state index contributed by atoms with van der Waals surface area (Å²) in [6, 6.07) is 2.70. The van der Waals surface area contributed by atoms with Gasteiger partial charge in [0.25, 0.3) is 5.91 Å². The van der Waals surface area contributed by atoms with E-state index in [4.69, 9.17) is 0 Å². The molecule has 3 nitrogen and oxygen atoms in total. The molecule has 0 saturated carbocycles. The first-order valence-electron chi connectivity index (χ1n) is 6.88. The summed E-state index contributed by atoms with van der Waals surface area (Å²) in [5, 5.41) is 1.99. The average Bonchev–Trinajstić information content (AvgIpc) is 2.84. The fraction of sp³-hybridized carbons (Fsp3) is 0.643. The van der Waals surface area contributed by atoms with E-state index in [-0.39, 0.29) is 5.91 Å². The molecule has 2 aliphatic heterocycles. The molecule has 0 N–H and O–H groups in total. The van der Waals surface area contributed by atoms with E-state index in [9.17, 15) is 4.79 Å².